The molecule has 0 fully saturated rings. The van der Waals surface area contributed by atoms with E-state index in [1.54, 1.807) is 0 Å². The first-order valence-corrected chi connectivity index (χ1v) is 10.4. The van der Waals surface area contributed by atoms with E-state index in [1.165, 1.54) is 18.2 Å². The predicted molar refractivity (Wildman–Crippen MR) is 90.7 cm³/mol. The van der Waals surface area contributed by atoms with Crippen LogP contribution in [0.4, 0.5) is 38.0 Å². The second-order valence-electron chi connectivity index (χ2n) is 5.56. The molecule has 0 aliphatic carbocycles. The lowest BCUT2D eigenvalue weighted by atomic mass is 10.3. The molecular weight excluding hydrogens is 468 g/mol. The number of hydrogen-bond donors (Lipinski definition) is 0. The predicted octanol–water partition coefficient (Wildman–Crippen LogP) is 3.31. The molecule has 16 heteroatoms. The summed E-state index contributed by atoms with van der Waals surface area (Å²) in [5.41, 5.74) is -13.4. The molecule has 0 saturated heterocycles. The zero-order valence-electron chi connectivity index (χ0n) is 14.9. The largest absolute Gasteiger partial charge is 0.534 e. The van der Waals surface area contributed by atoms with Crippen LogP contribution >= 0.6 is 0 Å². The van der Waals surface area contributed by atoms with Gasteiger partial charge in [-0.2, -0.15) is 47.5 Å². The number of nitrogens with zero attached hydrogens (tertiary/aromatic N) is 3. The minimum atomic E-state index is -6.12. The number of anilines is 2. The fourth-order valence-corrected chi connectivity index (χ4v) is 3.54. The summed E-state index contributed by atoms with van der Waals surface area (Å²) < 4.78 is 127. The lowest BCUT2D eigenvalue weighted by Crippen LogP contribution is -2.39. The smallest absolute Gasteiger partial charge is 0.372 e. The minimum absolute atomic E-state index is 0.269. The van der Waals surface area contributed by atoms with Gasteiger partial charge in [-0.15, -0.1) is 0 Å². The topological polar surface area (TPSA) is 107 Å². The highest BCUT2D eigenvalue weighted by Crippen LogP contribution is 2.37. The van der Waals surface area contributed by atoms with Crippen molar-refractivity contribution in [3.05, 3.63) is 41.7 Å². The molecule has 0 radical (unpaired) electrons. The Labute approximate surface area is 166 Å². The molecule has 8 nitrogen and oxygen atoms in total. The maximum atomic E-state index is 13.2. The number of aryl methyl sites for hydroxylation is 2. The Balaban J connectivity index is 2.69. The third-order valence-electron chi connectivity index (χ3n) is 3.37. The van der Waals surface area contributed by atoms with Crippen LogP contribution in [0, 0.1) is 13.8 Å². The Morgan fingerprint density at radius 1 is 0.833 bits per heavy atom. The summed E-state index contributed by atoms with van der Waals surface area (Å²) in [6.07, 6.45) is 0. The van der Waals surface area contributed by atoms with Gasteiger partial charge in [-0.25, -0.2) is 9.97 Å². The number of para-hydroxylation sites is 1. The molecule has 0 spiro atoms. The van der Waals surface area contributed by atoms with Crippen LogP contribution in [-0.2, 0) is 20.1 Å². The highest BCUT2D eigenvalue weighted by Gasteiger charge is 2.52. The van der Waals surface area contributed by atoms with Gasteiger partial charge in [-0.3, -0.25) is 0 Å². The molecule has 0 atom stereocenters. The molecule has 0 bridgehead atoms. The fourth-order valence-electron chi connectivity index (χ4n) is 2.09. The van der Waals surface area contributed by atoms with Gasteiger partial charge in [0.05, 0.1) is 17.1 Å². The third kappa shape index (κ3) is 4.43. The number of sulfonamides is 1. The molecular formula is C14H11F6N3O5S2. The molecule has 166 valence electrons. The summed E-state index contributed by atoms with van der Waals surface area (Å²) in [5.74, 6) is -2.08. The molecule has 1 aromatic carbocycles. The molecule has 0 amide bonds. The summed E-state index contributed by atoms with van der Waals surface area (Å²) in [7, 11) is -12.2. The fraction of sp³-hybridized carbons (Fsp3) is 0.286. The van der Waals surface area contributed by atoms with Gasteiger partial charge in [0.25, 0.3) is 0 Å². The van der Waals surface area contributed by atoms with Crippen molar-refractivity contribution in [1.29, 1.82) is 0 Å². The summed E-state index contributed by atoms with van der Waals surface area (Å²) in [6, 6.07) is 5.83. The van der Waals surface area contributed by atoms with E-state index in [9.17, 15) is 43.2 Å². The van der Waals surface area contributed by atoms with Gasteiger partial charge in [-0.1, -0.05) is 18.2 Å². The maximum absolute atomic E-state index is 13.2. The van der Waals surface area contributed by atoms with Crippen LogP contribution in [0.25, 0.3) is 0 Å². The number of benzene rings is 1. The van der Waals surface area contributed by atoms with E-state index in [0.717, 1.165) is 26.0 Å². The van der Waals surface area contributed by atoms with Crippen molar-refractivity contribution in [2.75, 3.05) is 4.31 Å². The highest BCUT2D eigenvalue weighted by molar-refractivity contribution is 7.94. The third-order valence-corrected chi connectivity index (χ3v) is 5.77. The molecule has 1 aromatic heterocycles. The van der Waals surface area contributed by atoms with Gasteiger partial charge >= 0.3 is 31.2 Å². The molecule has 1 heterocycles. The first-order valence-electron chi connectivity index (χ1n) is 7.51. The van der Waals surface area contributed by atoms with Crippen LogP contribution in [0.3, 0.4) is 0 Å². The summed E-state index contributed by atoms with van der Waals surface area (Å²) in [6.45, 7) is 1.81. The zero-order chi connectivity index (χ0) is 23.1. The van der Waals surface area contributed by atoms with Crippen LogP contribution in [0.1, 0.15) is 11.4 Å². The van der Waals surface area contributed by atoms with Gasteiger partial charge in [0.1, 0.15) is 0 Å². The Kier molecular flexibility index (Phi) is 5.97. The SMILES string of the molecule is Cc1nc(N(c2ccccc2)S(=O)(=O)C(F)(F)F)nc(C)c1OS(=O)(=O)C(F)(F)F. The number of rotatable bonds is 5. The molecule has 2 rings (SSSR count). The molecule has 0 aliphatic heterocycles. The van der Waals surface area contributed by atoms with Gasteiger partial charge in [-0.05, 0) is 26.0 Å². The van der Waals surface area contributed by atoms with Crippen LogP contribution < -0.4 is 8.49 Å². The summed E-state index contributed by atoms with van der Waals surface area (Å²) in [5, 5.41) is 0. The molecule has 0 aliphatic rings. The van der Waals surface area contributed by atoms with Crippen LogP contribution in [-0.4, -0.2) is 37.8 Å². The first kappa shape index (κ1) is 23.7. The summed E-state index contributed by atoms with van der Waals surface area (Å²) >= 11 is 0. The Hall–Kier alpha value is -2.62. The number of aromatic nitrogens is 2. The van der Waals surface area contributed by atoms with Gasteiger partial charge in [0.15, 0.2) is 5.75 Å². The Bertz CT molecular complexity index is 1130. The van der Waals surface area contributed by atoms with Crippen molar-refractivity contribution >= 4 is 31.8 Å². The van der Waals surface area contributed by atoms with E-state index in [0.29, 0.717) is 0 Å². The van der Waals surface area contributed by atoms with Gasteiger partial charge in [0.2, 0.25) is 5.95 Å². The lowest BCUT2D eigenvalue weighted by molar-refractivity contribution is -0.0501. The quantitative estimate of drug-likeness (QED) is 0.368. The van der Waals surface area contributed by atoms with Gasteiger partial charge in [0, 0.05) is 0 Å². The highest BCUT2D eigenvalue weighted by atomic mass is 32.2. The summed E-state index contributed by atoms with van der Waals surface area (Å²) in [4.78, 5) is 6.87. The number of halogens is 6. The first-order chi connectivity index (χ1) is 13.5. The monoisotopic (exact) mass is 479 g/mol. The average molecular weight is 479 g/mol. The molecule has 2 aromatic rings. The molecule has 0 unspecified atom stereocenters. The van der Waals surface area contributed by atoms with Crippen molar-refractivity contribution in [3.63, 3.8) is 0 Å². The van der Waals surface area contributed by atoms with Crippen molar-refractivity contribution < 1.29 is 47.4 Å². The minimum Gasteiger partial charge on any atom is -0.372 e. The number of hydrogen-bond acceptors (Lipinski definition) is 7. The van der Waals surface area contributed by atoms with Gasteiger partial charge < -0.3 is 4.18 Å². The van der Waals surface area contributed by atoms with E-state index >= 15 is 0 Å². The van der Waals surface area contributed by atoms with Crippen LogP contribution in [0.15, 0.2) is 30.3 Å². The van der Waals surface area contributed by atoms with E-state index in [4.69, 9.17) is 0 Å². The standard InChI is InChI=1S/C14H11F6N3O5S2/c1-8-11(28-30(26,27)14(18,19)20)9(2)22-12(21-8)23(10-6-4-3-5-7-10)29(24,25)13(15,16)17/h3-7H,1-2H3. The Morgan fingerprint density at radius 3 is 1.70 bits per heavy atom. The van der Waals surface area contributed by atoms with E-state index in [2.05, 4.69) is 14.2 Å². The number of alkyl halides is 6. The van der Waals surface area contributed by atoms with E-state index < -0.39 is 59.9 Å². The van der Waals surface area contributed by atoms with Crippen LogP contribution in [0.2, 0.25) is 0 Å². The van der Waals surface area contributed by atoms with Crippen LogP contribution in [0.5, 0.6) is 5.75 Å². The van der Waals surface area contributed by atoms with E-state index in [1.807, 2.05) is 0 Å². The lowest BCUT2D eigenvalue weighted by Gasteiger charge is -2.24. The molecule has 0 saturated carbocycles. The molecule has 30 heavy (non-hydrogen) atoms. The average Bonchev–Trinajstić information content (AvgIpc) is 2.57. The normalized spacial score (nSPS) is 13.2. The zero-order valence-corrected chi connectivity index (χ0v) is 16.5. The second-order valence-corrected chi connectivity index (χ2v) is 8.87. The van der Waals surface area contributed by atoms with Crippen molar-refractivity contribution in [2.45, 2.75) is 24.9 Å². The second kappa shape index (κ2) is 7.57. The molecule has 0 N–H and O–H groups in total. The van der Waals surface area contributed by atoms with Crippen molar-refractivity contribution in [2.24, 2.45) is 0 Å². The maximum Gasteiger partial charge on any atom is 0.534 e. The Morgan fingerprint density at radius 2 is 1.30 bits per heavy atom. The van der Waals surface area contributed by atoms with Crippen molar-refractivity contribution in [1.82, 2.24) is 9.97 Å². The van der Waals surface area contributed by atoms with E-state index in [-0.39, 0.29) is 4.31 Å². The van der Waals surface area contributed by atoms with Crippen molar-refractivity contribution in [3.8, 4) is 5.75 Å².